The van der Waals surface area contributed by atoms with Crippen molar-refractivity contribution in [2.45, 2.75) is 18.9 Å². The van der Waals surface area contributed by atoms with Gasteiger partial charge < -0.3 is 10.5 Å². The quantitative estimate of drug-likeness (QED) is 0.788. The molecule has 5 heteroatoms. The summed E-state index contributed by atoms with van der Waals surface area (Å²) in [5.41, 5.74) is 7.17. The van der Waals surface area contributed by atoms with Crippen LogP contribution < -0.4 is 5.73 Å². The van der Waals surface area contributed by atoms with Crippen molar-refractivity contribution in [1.29, 1.82) is 0 Å². The summed E-state index contributed by atoms with van der Waals surface area (Å²) in [5, 5.41) is 8.07. The fourth-order valence-corrected chi connectivity index (χ4v) is 1.86. The van der Waals surface area contributed by atoms with E-state index in [2.05, 4.69) is 10.2 Å². The lowest BCUT2D eigenvalue weighted by molar-refractivity contribution is 0.190. The molecule has 1 aromatic carbocycles. The van der Waals surface area contributed by atoms with E-state index in [-0.39, 0.29) is 6.04 Å². The van der Waals surface area contributed by atoms with Gasteiger partial charge in [-0.15, -0.1) is 10.2 Å². The predicted molar refractivity (Wildman–Crippen MR) is 69.4 cm³/mol. The number of ether oxygens (including phenoxy) is 1. The first-order valence-corrected chi connectivity index (χ1v) is 6.03. The van der Waals surface area contributed by atoms with Crippen LogP contribution in [0.5, 0.6) is 0 Å². The zero-order valence-corrected chi connectivity index (χ0v) is 10.5. The molecule has 0 aliphatic rings. The highest BCUT2D eigenvalue weighted by Gasteiger charge is 2.14. The molecule has 0 aliphatic heterocycles. The molecule has 18 heavy (non-hydrogen) atoms. The van der Waals surface area contributed by atoms with Gasteiger partial charge in [-0.1, -0.05) is 18.2 Å². The Kier molecular flexibility index (Phi) is 4.44. The molecule has 0 bridgehead atoms. The van der Waals surface area contributed by atoms with E-state index >= 15 is 0 Å². The Morgan fingerprint density at radius 1 is 1.33 bits per heavy atom. The molecule has 0 spiro atoms. The molecule has 2 aromatic rings. The lowest BCUT2D eigenvalue weighted by Crippen LogP contribution is -2.16. The third-order valence-electron chi connectivity index (χ3n) is 2.80. The molecule has 0 radical (unpaired) electrons. The topological polar surface area (TPSA) is 66.0 Å². The average Bonchev–Trinajstić information content (AvgIpc) is 2.89. The van der Waals surface area contributed by atoms with Gasteiger partial charge in [-0.05, 0) is 25.0 Å². The lowest BCUT2D eigenvalue weighted by Gasteiger charge is -2.12. The van der Waals surface area contributed by atoms with Gasteiger partial charge in [0.2, 0.25) is 0 Å². The molecular weight excluding hydrogens is 228 g/mol. The summed E-state index contributed by atoms with van der Waals surface area (Å²) in [7, 11) is 1.69. The van der Waals surface area contributed by atoms with Crippen LogP contribution in [-0.4, -0.2) is 28.5 Å². The van der Waals surface area contributed by atoms with Crippen LogP contribution in [0.3, 0.4) is 0 Å². The number of nitrogens with two attached hydrogens (primary N) is 1. The smallest absolute Gasteiger partial charge is 0.154 e. The number of aromatic nitrogens is 3. The standard InChI is InChI=1S/C13H18N4O/c1-18-9-5-8-12(14)13-16-15-10-17(13)11-6-3-2-4-7-11/h2-4,6-7,10,12H,5,8-9,14H2,1H3. The first kappa shape index (κ1) is 12.7. The SMILES string of the molecule is COCCCC(N)c1nncn1-c1ccccc1. The Hall–Kier alpha value is -1.72. The van der Waals surface area contributed by atoms with Crippen molar-refractivity contribution in [2.24, 2.45) is 5.73 Å². The molecule has 5 nitrogen and oxygen atoms in total. The maximum Gasteiger partial charge on any atom is 0.154 e. The van der Waals surface area contributed by atoms with Crippen LogP contribution in [0.15, 0.2) is 36.7 Å². The van der Waals surface area contributed by atoms with E-state index in [9.17, 15) is 0 Å². The second-order valence-corrected chi connectivity index (χ2v) is 4.14. The van der Waals surface area contributed by atoms with Crippen LogP contribution >= 0.6 is 0 Å². The Morgan fingerprint density at radius 3 is 2.83 bits per heavy atom. The van der Waals surface area contributed by atoms with Gasteiger partial charge in [0.1, 0.15) is 6.33 Å². The largest absolute Gasteiger partial charge is 0.385 e. The molecule has 0 saturated heterocycles. The van der Waals surface area contributed by atoms with E-state index in [1.54, 1.807) is 13.4 Å². The van der Waals surface area contributed by atoms with Crippen molar-refractivity contribution in [3.8, 4) is 5.69 Å². The molecule has 1 heterocycles. The first-order valence-electron chi connectivity index (χ1n) is 6.03. The number of hydrogen-bond acceptors (Lipinski definition) is 4. The van der Waals surface area contributed by atoms with Gasteiger partial charge in [0.05, 0.1) is 6.04 Å². The summed E-state index contributed by atoms with van der Waals surface area (Å²) < 4.78 is 6.95. The van der Waals surface area contributed by atoms with Crippen molar-refractivity contribution in [3.63, 3.8) is 0 Å². The van der Waals surface area contributed by atoms with Gasteiger partial charge in [0.25, 0.3) is 0 Å². The maximum atomic E-state index is 6.14. The molecular formula is C13H18N4O. The zero-order chi connectivity index (χ0) is 12.8. The fraction of sp³-hybridized carbons (Fsp3) is 0.385. The lowest BCUT2D eigenvalue weighted by atomic mass is 10.1. The summed E-state index contributed by atoms with van der Waals surface area (Å²) in [4.78, 5) is 0. The first-order chi connectivity index (χ1) is 8.83. The third-order valence-corrected chi connectivity index (χ3v) is 2.80. The molecule has 0 saturated carbocycles. The zero-order valence-electron chi connectivity index (χ0n) is 10.5. The Balaban J connectivity index is 2.12. The highest BCUT2D eigenvalue weighted by Crippen LogP contribution is 2.17. The van der Waals surface area contributed by atoms with Gasteiger partial charge in [-0.3, -0.25) is 4.57 Å². The van der Waals surface area contributed by atoms with Crippen LogP contribution in [0, 0.1) is 0 Å². The summed E-state index contributed by atoms with van der Waals surface area (Å²) in [6, 6.07) is 9.84. The van der Waals surface area contributed by atoms with E-state index in [0.717, 1.165) is 24.4 Å². The molecule has 0 amide bonds. The number of hydrogen-bond donors (Lipinski definition) is 1. The molecule has 2 rings (SSSR count). The number of benzene rings is 1. The van der Waals surface area contributed by atoms with Gasteiger partial charge in [-0.2, -0.15) is 0 Å². The second-order valence-electron chi connectivity index (χ2n) is 4.14. The molecule has 0 aliphatic carbocycles. The summed E-state index contributed by atoms with van der Waals surface area (Å²) in [5.74, 6) is 0.789. The van der Waals surface area contributed by atoms with E-state index in [0.29, 0.717) is 6.61 Å². The van der Waals surface area contributed by atoms with E-state index in [1.807, 2.05) is 34.9 Å². The molecule has 1 atom stereocenters. The molecule has 2 N–H and O–H groups in total. The average molecular weight is 246 g/mol. The van der Waals surface area contributed by atoms with Crippen molar-refractivity contribution in [3.05, 3.63) is 42.5 Å². The van der Waals surface area contributed by atoms with Crippen LogP contribution in [-0.2, 0) is 4.74 Å². The summed E-state index contributed by atoms with van der Waals surface area (Å²) in [6.07, 6.45) is 3.44. The number of rotatable bonds is 6. The van der Waals surface area contributed by atoms with E-state index in [1.165, 1.54) is 0 Å². The Labute approximate surface area is 107 Å². The van der Waals surface area contributed by atoms with Gasteiger partial charge in [0.15, 0.2) is 5.82 Å². The van der Waals surface area contributed by atoms with Gasteiger partial charge in [0, 0.05) is 19.4 Å². The molecule has 1 unspecified atom stereocenters. The molecule has 96 valence electrons. The van der Waals surface area contributed by atoms with E-state index < -0.39 is 0 Å². The minimum absolute atomic E-state index is 0.122. The van der Waals surface area contributed by atoms with E-state index in [4.69, 9.17) is 10.5 Å². The monoisotopic (exact) mass is 246 g/mol. The third kappa shape index (κ3) is 2.94. The summed E-state index contributed by atoms with van der Waals surface area (Å²) in [6.45, 7) is 0.715. The van der Waals surface area contributed by atoms with Crippen LogP contribution in [0.25, 0.3) is 5.69 Å². The van der Waals surface area contributed by atoms with Crippen molar-refractivity contribution < 1.29 is 4.74 Å². The number of nitrogens with zero attached hydrogens (tertiary/aromatic N) is 3. The van der Waals surface area contributed by atoms with Crippen LogP contribution in [0.2, 0.25) is 0 Å². The Morgan fingerprint density at radius 2 is 2.11 bits per heavy atom. The fourth-order valence-electron chi connectivity index (χ4n) is 1.86. The van der Waals surface area contributed by atoms with Crippen LogP contribution in [0.1, 0.15) is 24.7 Å². The van der Waals surface area contributed by atoms with Crippen molar-refractivity contribution >= 4 is 0 Å². The second kappa shape index (κ2) is 6.28. The summed E-state index contributed by atoms with van der Waals surface area (Å²) >= 11 is 0. The normalized spacial score (nSPS) is 12.6. The highest BCUT2D eigenvalue weighted by molar-refractivity contribution is 5.32. The Bertz CT molecular complexity index is 469. The minimum atomic E-state index is -0.122. The van der Waals surface area contributed by atoms with Crippen LogP contribution in [0.4, 0.5) is 0 Å². The van der Waals surface area contributed by atoms with Crippen molar-refractivity contribution in [2.75, 3.05) is 13.7 Å². The van der Waals surface area contributed by atoms with Gasteiger partial charge in [-0.25, -0.2) is 0 Å². The highest BCUT2D eigenvalue weighted by atomic mass is 16.5. The number of methoxy groups -OCH3 is 1. The maximum absolute atomic E-state index is 6.14. The molecule has 0 fully saturated rings. The predicted octanol–water partition coefficient (Wildman–Crippen LogP) is 1.69. The number of para-hydroxylation sites is 1. The molecule has 1 aromatic heterocycles. The van der Waals surface area contributed by atoms with Gasteiger partial charge >= 0.3 is 0 Å². The minimum Gasteiger partial charge on any atom is -0.385 e. The van der Waals surface area contributed by atoms with Crippen molar-refractivity contribution in [1.82, 2.24) is 14.8 Å².